The van der Waals surface area contributed by atoms with Crippen LogP contribution in [0.5, 0.6) is 0 Å². The fraction of sp³-hybridized carbons (Fsp3) is 0.500. The van der Waals surface area contributed by atoms with Crippen LogP contribution >= 0.6 is 0 Å². The monoisotopic (exact) mass is 237 g/mol. The molecular weight excluding hydrogens is 218 g/mol. The van der Waals surface area contributed by atoms with Crippen LogP contribution in [0.3, 0.4) is 0 Å². The number of aromatic nitrogens is 1. The molecule has 0 radical (unpaired) electrons. The van der Waals surface area contributed by atoms with Crippen LogP contribution in [0.2, 0.25) is 0 Å². The van der Waals surface area contributed by atoms with Crippen molar-refractivity contribution in [2.75, 3.05) is 11.9 Å². The van der Waals surface area contributed by atoms with Crippen molar-refractivity contribution < 1.29 is 9.90 Å². The number of nitrogens with one attached hydrogen (secondary N) is 2. The second-order valence-corrected chi connectivity index (χ2v) is 4.18. The third-order valence-corrected chi connectivity index (χ3v) is 2.47. The topological polar surface area (TPSA) is 74.2 Å². The number of aliphatic hydroxyl groups excluding tert-OH is 1. The molecule has 1 heterocycles. The Bertz CT molecular complexity index is 341. The van der Waals surface area contributed by atoms with Crippen LogP contribution in [0.25, 0.3) is 0 Å². The average Bonchev–Trinajstić information content (AvgIpc) is 2.29. The second-order valence-electron chi connectivity index (χ2n) is 4.18. The van der Waals surface area contributed by atoms with Gasteiger partial charge in [0.05, 0.1) is 0 Å². The molecule has 0 aromatic carbocycles. The number of carbonyl (C=O) groups is 1. The number of aliphatic hydroxyl groups is 1. The van der Waals surface area contributed by atoms with E-state index in [9.17, 15) is 4.79 Å². The second kappa shape index (κ2) is 6.85. The Morgan fingerprint density at radius 1 is 1.47 bits per heavy atom. The zero-order valence-electron chi connectivity index (χ0n) is 10.2. The van der Waals surface area contributed by atoms with Crippen molar-refractivity contribution in [1.29, 1.82) is 0 Å². The first-order valence-electron chi connectivity index (χ1n) is 5.73. The Hall–Kier alpha value is -1.62. The maximum atomic E-state index is 11.7. The minimum Gasteiger partial charge on any atom is -0.396 e. The summed E-state index contributed by atoms with van der Waals surface area (Å²) in [5, 5.41) is 14.4. The Balaban J connectivity index is 2.48. The van der Waals surface area contributed by atoms with Gasteiger partial charge in [-0.15, -0.1) is 0 Å². The Labute approximate surface area is 101 Å². The molecule has 0 aliphatic heterocycles. The highest BCUT2D eigenvalue weighted by Crippen LogP contribution is 2.06. The van der Waals surface area contributed by atoms with Gasteiger partial charge in [0.15, 0.2) is 0 Å². The fourth-order valence-electron chi connectivity index (χ4n) is 1.47. The maximum Gasteiger partial charge on any atom is 0.320 e. The van der Waals surface area contributed by atoms with Crippen LogP contribution in [0, 0.1) is 5.92 Å². The third-order valence-electron chi connectivity index (χ3n) is 2.47. The number of nitrogens with zero attached hydrogens (tertiary/aromatic N) is 1. The van der Waals surface area contributed by atoms with Crippen molar-refractivity contribution in [1.82, 2.24) is 10.3 Å². The summed E-state index contributed by atoms with van der Waals surface area (Å²) in [6.07, 6.45) is 2.16. The van der Waals surface area contributed by atoms with Gasteiger partial charge in [-0.05, 0) is 24.5 Å². The van der Waals surface area contributed by atoms with Crippen LogP contribution < -0.4 is 10.6 Å². The Morgan fingerprint density at radius 2 is 2.24 bits per heavy atom. The van der Waals surface area contributed by atoms with Gasteiger partial charge in [0.25, 0.3) is 0 Å². The highest BCUT2D eigenvalue weighted by atomic mass is 16.3. The van der Waals surface area contributed by atoms with Gasteiger partial charge in [-0.2, -0.15) is 0 Å². The molecule has 0 saturated carbocycles. The summed E-state index contributed by atoms with van der Waals surface area (Å²) in [7, 11) is 0. The summed E-state index contributed by atoms with van der Waals surface area (Å²) < 4.78 is 0. The number of hydrogen-bond donors (Lipinski definition) is 3. The van der Waals surface area contributed by atoms with Crippen molar-refractivity contribution in [2.45, 2.75) is 26.3 Å². The summed E-state index contributed by atoms with van der Waals surface area (Å²) >= 11 is 0. The minimum absolute atomic E-state index is 0.0382. The number of rotatable bonds is 5. The van der Waals surface area contributed by atoms with E-state index in [0.29, 0.717) is 12.2 Å². The van der Waals surface area contributed by atoms with E-state index in [-0.39, 0.29) is 24.6 Å². The van der Waals surface area contributed by atoms with Crippen molar-refractivity contribution in [3.05, 3.63) is 24.4 Å². The van der Waals surface area contributed by atoms with E-state index in [0.717, 1.165) is 0 Å². The van der Waals surface area contributed by atoms with E-state index >= 15 is 0 Å². The van der Waals surface area contributed by atoms with Gasteiger partial charge in [-0.1, -0.05) is 19.9 Å². The molecule has 0 aliphatic carbocycles. The fourth-order valence-corrected chi connectivity index (χ4v) is 1.47. The molecule has 1 aromatic heterocycles. The van der Waals surface area contributed by atoms with Crippen LogP contribution in [-0.2, 0) is 0 Å². The van der Waals surface area contributed by atoms with Gasteiger partial charge >= 0.3 is 6.03 Å². The van der Waals surface area contributed by atoms with Crippen LogP contribution in [0.1, 0.15) is 20.3 Å². The lowest BCUT2D eigenvalue weighted by Crippen LogP contribution is -2.41. The first kappa shape index (κ1) is 13.4. The molecule has 1 aromatic rings. The first-order chi connectivity index (χ1) is 8.13. The molecule has 1 rings (SSSR count). The predicted octanol–water partition coefficient (Wildman–Crippen LogP) is 1.61. The zero-order chi connectivity index (χ0) is 12.7. The number of pyridine rings is 1. The molecule has 1 unspecified atom stereocenters. The Morgan fingerprint density at radius 3 is 2.76 bits per heavy atom. The van der Waals surface area contributed by atoms with E-state index in [1.807, 2.05) is 13.8 Å². The molecule has 1 atom stereocenters. The molecule has 17 heavy (non-hydrogen) atoms. The lowest BCUT2D eigenvalue weighted by atomic mass is 10.0. The van der Waals surface area contributed by atoms with Gasteiger partial charge in [0, 0.05) is 18.8 Å². The van der Waals surface area contributed by atoms with Crippen molar-refractivity contribution >= 4 is 11.8 Å². The summed E-state index contributed by atoms with van der Waals surface area (Å²) in [5.41, 5.74) is 0. The average molecular weight is 237 g/mol. The largest absolute Gasteiger partial charge is 0.396 e. The highest BCUT2D eigenvalue weighted by molar-refractivity contribution is 5.88. The standard InChI is InChI=1S/C12H19N3O2/c1-9(2)10(6-8-16)14-12(17)15-11-5-3-4-7-13-11/h3-5,7,9-10,16H,6,8H2,1-2H3,(H2,13,14,15,17). The van der Waals surface area contributed by atoms with Gasteiger partial charge in [0.1, 0.15) is 5.82 Å². The molecule has 0 fully saturated rings. The normalized spacial score (nSPS) is 12.2. The number of anilines is 1. The van der Waals surface area contributed by atoms with Crippen molar-refractivity contribution in [2.24, 2.45) is 5.92 Å². The van der Waals surface area contributed by atoms with Crippen LogP contribution in [-0.4, -0.2) is 28.8 Å². The molecule has 0 bridgehead atoms. The lowest BCUT2D eigenvalue weighted by Gasteiger charge is -2.21. The van der Waals surface area contributed by atoms with Gasteiger partial charge < -0.3 is 10.4 Å². The number of hydrogen-bond acceptors (Lipinski definition) is 3. The molecule has 3 N–H and O–H groups in total. The van der Waals surface area contributed by atoms with Gasteiger partial charge in [-0.3, -0.25) is 5.32 Å². The smallest absolute Gasteiger partial charge is 0.320 e. The predicted molar refractivity (Wildman–Crippen MR) is 66.7 cm³/mol. The summed E-state index contributed by atoms with van der Waals surface area (Å²) in [4.78, 5) is 15.7. The quantitative estimate of drug-likeness (QED) is 0.728. The molecule has 2 amide bonds. The molecule has 0 spiro atoms. The van der Waals surface area contributed by atoms with Gasteiger partial charge in [-0.25, -0.2) is 9.78 Å². The number of amides is 2. The van der Waals surface area contributed by atoms with Crippen molar-refractivity contribution in [3.63, 3.8) is 0 Å². The molecule has 0 saturated heterocycles. The van der Waals surface area contributed by atoms with Crippen LogP contribution in [0.15, 0.2) is 24.4 Å². The summed E-state index contributed by atoms with van der Waals surface area (Å²) in [6, 6.07) is 4.97. The molecule has 5 nitrogen and oxygen atoms in total. The third kappa shape index (κ3) is 4.82. The van der Waals surface area contributed by atoms with E-state index in [2.05, 4.69) is 15.6 Å². The van der Waals surface area contributed by atoms with E-state index < -0.39 is 0 Å². The van der Waals surface area contributed by atoms with Crippen molar-refractivity contribution in [3.8, 4) is 0 Å². The Kier molecular flexibility index (Phi) is 5.42. The SMILES string of the molecule is CC(C)C(CCO)NC(=O)Nc1ccccn1. The van der Waals surface area contributed by atoms with E-state index in [1.54, 1.807) is 24.4 Å². The number of urea groups is 1. The molecular formula is C12H19N3O2. The summed E-state index contributed by atoms with van der Waals surface area (Å²) in [6.45, 7) is 4.06. The number of carbonyl (C=O) groups excluding carboxylic acids is 1. The van der Waals surface area contributed by atoms with E-state index in [1.165, 1.54) is 0 Å². The highest BCUT2D eigenvalue weighted by Gasteiger charge is 2.15. The first-order valence-corrected chi connectivity index (χ1v) is 5.73. The lowest BCUT2D eigenvalue weighted by molar-refractivity contribution is 0.227. The molecule has 5 heteroatoms. The van der Waals surface area contributed by atoms with Gasteiger partial charge in [0.2, 0.25) is 0 Å². The maximum absolute atomic E-state index is 11.7. The molecule has 94 valence electrons. The van der Waals surface area contributed by atoms with Crippen LogP contribution in [0.4, 0.5) is 10.6 Å². The molecule has 0 aliphatic rings. The van der Waals surface area contributed by atoms with E-state index in [4.69, 9.17) is 5.11 Å². The summed E-state index contributed by atoms with van der Waals surface area (Å²) in [5.74, 6) is 0.785. The zero-order valence-corrected chi connectivity index (χ0v) is 10.2. The minimum atomic E-state index is -0.296.